The number of allylic oxidation sites excluding steroid dienone is 18. The third-order valence-corrected chi connectivity index (χ3v) is 13.3. The van der Waals surface area contributed by atoms with E-state index in [2.05, 4.69) is 130 Å². The Kier molecular flexibility index (Phi) is 59.3. The van der Waals surface area contributed by atoms with Crippen LogP contribution in [-0.4, -0.2) is 37.2 Å². The first kappa shape index (κ1) is 71.1. The zero-order valence-electron chi connectivity index (χ0n) is 49.0. The summed E-state index contributed by atoms with van der Waals surface area (Å²) in [5.41, 5.74) is 0. The lowest BCUT2D eigenvalue weighted by molar-refractivity contribution is -0.167. The number of ether oxygens (including phenoxy) is 3. The first-order chi connectivity index (χ1) is 37.0. The van der Waals surface area contributed by atoms with Crippen LogP contribution in [0.2, 0.25) is 0 Å². The fourth-order valence-corrected chi connectivity index (χ4v) is 8.57. The SMILES string of the molecule is CC/C=C\C/C=C\C/C=C\C/C=C\C/C=C\C/C=C\CCCCCCC(=O)OC(COC(=O)CCCCCCCCC)COC(=O)CCCCCCCCCCCCCC/C=C\C/C=C\C/C=C\CCCCCCC. The van der Waals surface area contributed by atoms with Crippen LogP contribution in [0.1, 0.15) is 290 Å². The van der Waals surface area contributed by atoms with E-state index in [0.717, 1.165) is 122 Å². The maximum Gasteiger partial charge on any atom is 0.306 e. The predicted octanol–water partition coefficient (Wildman–Crippen LogP) is 21.4. The molecule has 0 heterocycles. The molecule has 0 spiro atoms. The molecule has 0 aliphatic carbocycles. The van der Waals surface area contributed by atoms with Crippen molar-refractivity contribution in [2.75, 3.05) is 13.2 Å². The summed E-state index contributed by atoms with van der Waals surface area (Å²) in [6.07, 6.45) is 85.4. The molecule has 1 atom stereocenters. The third kappa shape index (κ3) is 60.8. The largest absolute Gasteiger partial charge is 0.462 e. The van der Waals surface area contributed by atoms with Crippen LogP contribution in [0.4, 0.5) is 0 Å². The van der Waals surface area contributed by atoms with Crippen LogP contribution in [0.3, 0.4) is 0 Å². The van der Waals surface area contributed by atoms with Crippen LogP contribution in [-0.2, 0) is 28.6 Å². The van der Waals surface area contributed by atoms with Gasteiger partial charge in [-0.3, -0.25) is 14.4 Å². The molecular formula is C69H116O6. The van der Waals surface area contributed by atoms with E-state index < -0.39 is 6.10 Å². The van der Waals surface area contributed by atoms with Gasteiger partial charge < -0.3 is 14.2 Å². The summed E-state index contributed by atoms with van der Waals surface area (Å²) in [4.78, 5) is 38.1. The average Bonchev–Trinajstić information content (AvgIpc) is 3.41. The fourth-order valence-electron chi connectivity index (χ4n) is 8.57. The van der Waals surface area contributed by atoms with Gasteiger partial charge in [-0.25, -0.2) is 0 Å². The van der Waals surface area contributed by atoms with Crippen molar-refractivity contribution in [3.63, 3.8) is 0 Å². The Balaban J connectivity index is 4.21. The highest BCUT2D eigenvalue weighted by atomic mass is 16.6. The minimum Gasteiger partial charge on any atom is -0.462 e. The summed E-state index contributed by atoms with van der Waals surface area (Å²) >= 11 is 0. The number of unbranched alkanes of at least 4 members (excludes halogenated alkanes) is 27. The second-order valence-corrected chi connectivity index (χ2v) is 20.6. The van der Waals surface area contributed by atoms with Gasteiger partial charge >= 0.3 is 17.9 Å². The Morgan fingerprint density at radius 3 is 0.813 bits per heavy atom. The molecule has 0 amide bonds. The third-order valence-electron chi connectivity index (χ3n) is 13.3. The van der Waals surface area contributed by atoms with Crippen LogP contribution in [0.15, 0.2) is 109 Å². The maximum absolute atomic E-state index is 12.8. The zero-order valence-corrected chi connectivity index (χ0v) is 49.0. The lowest BCUT2D eigenvalue weighted by Gasteiger charge is -2.18. The number of hydrogen-bond acceptors (Lipinski definition) is 6. The molecule has 0 saturated heterocycles. The molecular weight excluding hydrogens is 925 g/mol. The van der Waals surface area contributed by atoms with Crippen molar-refractivity contribution in [3.8, 4) is 0 Å². The molecule has 0 N–H and O–H groups in total. The fraction of sp³-hybridized carbons (Fsp3) is 0.696. The van der Waals surface area contributed by atoms with Gasteiger partial charge in [0.2, 0.25) is 0 Å². The van der Waals surface area contributed by atoms with Crippen molar-refractivity contribution in [2.24, 2.45) is 0 Å². The van der Waals surface area contributed by atoms with Gasteiger partial charge in [0.1, 0.15) is 13.2 Å². The summed E-state index contributed by atoms with van der Waals surface area (Å²) in [7, 11) is 0. The summed E-state index contributed by atoms with van der Waals surface area (Å²) < 4.78 is 16.8. The topological polar surface area (TPSA) is 78.9 Å². The van der Waals surface area contributed by atoms with Gasteiger partial charge in [0.25, 0.3) is 0 Å². The summed E-state index contributed by atoms with van der Waals surface area (Å²) in [5.74, 6) is -0.919. The van der Waals surface area contributed by atoms with Crippen LogP contribution in [0, 0.1) is 0 Å². The molecule has 1 unspecified atom stereocenters. The molecule has 0 radical (unpaired) electrons. The van der Waals surface area contributed by atoms with Crippen molar-refractivity contribution in [2.45, 2.75) is 297 Å². The number of carbonyl (C=O) groups excluding carboxylic acids is 3. The smallest absolute Gasteiger partial charge is 0.306 e. The molecule has 6 nitrogen and oxygen atoms in total. The van der Waals surface area contributed by atoms with E-state index >= 15 is 0 Å². The number of rotatable bonds is 56. The molecule has 428 valence electrons. The summed E-state index contributed by atoms with van der Waals surface area (Å²) in [6, 6.07) is 0. The number of hydrogen-bond donors (Lipinski definition) is 0. The summed E-state index contributed by atoms with van der Waals surface area (Å²) in [6.45, 7) is 6.46. The maximum atomic E-state index is 12.8. The average molecular weight is 1040 g/mol. The molecule has 0 aliphatic heterocycles. The lowest BCUT2D eigenvalue weighted by atomic mass is 10.0. The van der Waals surface area contributed by atoms with Gasteiger partial charge in [0.15, 0.2) is 6.10 Å². The van der Waals surface area contributed by atoms with Crippen molar-refractivity contribution in [1.82, 2.24) is 0 Å². The van der Waals surface area contributed by atoms with Gasteiger partial charge in [-0.1, -0.05) is 271 Å². The van der Waals surface area contributed by atoms with Crippen molar-refractivity contribution in [1.29, 1.82) is 0 Å². The molecule has 0 rings (SSSR count). The lowest BCUT2D eigenvalue weighted by Crippen LogP contribution is -2.30. The minimum absolute atomic E-state index is 0.0891. The van der Waals surface area contributed by atoms with Gasteiger partial charge in [-0.2, -0.15) is 0 Å². The second kappa shape index (κ2) is 62.6. The molecule has 0 saturated carbocycles. The standard InChI is InChI=1S/C69H116O6/c1-4-7-10-13-16-18-20-22-24-26-28-30-32-33-34-35-37-38-40-42-44-46-48-50-53-56-59-62-68(71)74-65-66(64-73-67(70)61-58-55-52-15-12-9-6-3)75-69(72)63-60-57-54-51-49-47-45-43-41-39-36-31-29-27-25-23-21-19-17-14-11-8-5-2/h8,11,17,19-20,22-23,25-26,28-29,31-33,39,41,45,47,66H,4-7,9-10,12-16,18,21,24,27,30,34-38,40,42-44,46,48-65H2,1-3H3/b11-8-,19-17-,22-20-,25-23-,28-26-,31-29-,33-32-,41-39-,47-45-. The first-order valence-corrected chi connectivity index (χ1v) is 31.4. The van der Waals surface area contributed by atoms with E-state index in [1.165, 1.54) is 128 Å². The molecule has 0 aromatic heterocycles. The highest BCUT2D eigenvalue weighted by Crippen LogP contribution is 2.15. The van der Waals surface area contributed by atoms with Gasteiger partial charge in [-0.05, 0) is 109 Å². The molecule has 0 aromatic carbocycles. The van der Waals surface area contributed by atoms with E-state index in [1.807, 2.05) is 0 Å². The van der Waals surface area contributed by atoms with Crippen LogP contribution in [0.5, 0.6) is 0 Å². The van der Waals surface area contributed by atoms with Crippen molar-refractivity contribution < 1.29 is 28.6 Å². The van der Waals surface area contributed by atoms with Gasteiger partial charge in [0.05, 0.1) is 0 Å². The Morgan fingerprint density at radius 2 is 0.520 bits per heavy atom. The molecule has 6 heteroatoms. The van der Waals surface area contributed by atoms with E-state index in [0.29, 0.717) is 19.3 Å². The van der Waals surface area contributed by atoms with Crippen LogP contribution >= 0.6 is 0 Å². The predicted molar refractivity (Wildman–Crippen MR) is 325 cm³/mol. The molecule has 75 heavy (non-hydrogen) atoms. The summed E-state index contributed by atoms with van der Waals surface area (Å²) in [5, 5.41) is 0. The normalized spacial score (nSPS) is 12.8. The van der Waals surface area contributed by atoms with Crippen molar-refractivity contribution >= 4 is 17.9 Å². The molecule has 0 aromatic rings. The van der Waals surface area contributed by atoms with Crippen LogP contribution < -0.4 is 0 Å². The Hall–Kier alpha value is -3.93. The van der Waals surface area contributed by atoms with E-state index in [9.17, 15) is 14.4 Å². The molecule has 0 fully saturated rings. The highest BCUT2D eigenvalue weighted by molar-refractivity contribution is 5.71. The van der Waals surface area contributed by atoms with Gasteiger partial charge in [-0.15, -0.1) is 0 Å². The minimum atomic E-state index is -0.792. The molecule has 0 bridgehead atoms. The second-order valence-electron chi connectivity index (χ2n) is 20.6. The van der Waals surface area contributed by atoms with Gasteiger partial charge in [0, 0.05) is 19.3 Å². The zero-order chi connectivity index (χ0) is 54.3. The van der Waals surface area contributed by atoms with Crippen LogP contribution in [0.25, 0.3) is 0 Å². The number of carbonyl (C=O) groups is 3. The van der Waals surface area contributed by atoms with E-state index in [-0.39, 0.29) is 31.1 Å². The van der Waals surface area contributed by atoms with E-state index in [4.69, 9.17) is 14.2 Å². The van der Waals surface area contributed by atoms with Crippen molar-refractivity contribution in [3.05, 3.63) is 109 Å². The number of esters is 3. The molecule has 0 aliphatic rings. The first-order valence-electron chi connectivity index (χ1n) is 31.4. The van der Waals surface area contributed by atoms with E-state index in [1.54, 1.807) is 0 Å². The Labute approximate surface area is 463 Å². The Bertz CT molecular complexity index is 1520. The Morgan fingerprint density at radius 1 is 0.280 bits per heavy atom. The highest BCUT2D eigenvalue weighted by Gasteiger charge is 2.19. The quantitative estimate of drug-likeness (QED) is 0.0261. The monoisotopic (exact) mass is 1040 g/mol.